The molecule has 0 nitrogen and oxygen atoms in total. The largest absolute Gasteiger partial charge is 0.103 e. The molecule has 0 amide bonds. The Bertz CT molecular complexity index is 245. The predicted octanol–water partition coefficient (Wildman–Crippen LogP) is 3.85. The van der Waals surface area contributed by atoms with Gasteiger partial charge in [0.15, 0.2) is 0 Å². The first-order chi connectivity index (χ1) is 6.43. The molecule has 0 heteroatoms. The van der Waals surface area contributed by atoms with Gasteiger partial charge in [0.1, 0.15) is 0 Å². The van der Waals surface area contributed by atoms with E-state index in [1.54, 1.807) is 0 Å². The second kappa shape index (κ2) is 6.54. The van der Waals surface area contributed by atoms with Crippen molar-refractivity contribution < 1.29 is 0 Å². The smallest absolute Gasteiger partial charge is 0.0305 e. The average molecular weight is 174 g/mol. The van der Waals surface area contributed by atoms with Crippen LogP contribution in [0.15, 0.2) is 23.8 Å². The molecule has 0 aliphatic heterocycles. The summed E-state index contributed by atoms with van der Waals surface area (Å²) in [4.78, 5) is 0. The van der Waals surface area contributed by atoms with Crippen molar-refractivity contribution >= 4 is 0 Å². The van der Waals surface area contributed by atoms with Gasteiger partial charge >= 0.3 is 0 Å². The lowest BCUT2D eigenvalue weighted by molar-refractivity contribution is 0.737. The molecular formula is C13H18. The van der Waals surface area contributed by atoms with E-state index in [0.29, 0.717) is 0 Å². The van der Waals surface area contributed by atoms with Gasteiger partial charge in [0.05, 0.1) is 0 Å². The number of allylic oxidation sites excluding steroid dienone is 4. The fraction of sp³-hybridized carbons (Fsp3) is 0.538. The Balaban J connectivity index is 2.04. The summed E-state index contributed by atoms with van der Waals surface area (Å²) in [6.07, 6.45) is 13.5. The zero-order valence-corrected chi connectivity index (χ0v) is 8.47. The molecule has 13 heavy (non-hydrogen) atoms. The van der Waals surface area contributed by atoms with Gasteiger partial charge < -0.3 is 0 Å². The zero-order valence-electron chi connectivity index (χ0n) is 8.47. The molecule has 0 aromatic carbocycles. The quantitative estimate of drug-likeness (QED) is 0.448. The first-order valence-corrected chi connectivity index (χ1v) is 5.23. The highest BCUT2D eigenvalue weighted by atomic mass is 14.0. The highest BCUT2D eigenvalue weighted by Crippen LogP contribution is 2.12. The fourth-order valence-electron chi connectivity index (χ4n) is 1.35. The summed E-state index contributed by atoms with van der Waals surface area (Å²) in [6.45, 7) is 2.22. The molecular weight excluding hydrogens is 156 g/mol. The summed E-state index contributed by atoms with van der Waals surface area (Å²) in [5.74, 6) is 6.46. The normalized spacial score (nSPS) is 13.8. The van der Waals surface area contributed by atoms with Gasteiger partial charge in [-0.2, -0.15) is 0 Å². The Labute approximate surface area is 81.7 Å². The van der Waals surface area contributed by atoms with Gasteiger partial charge in [-0.25, -0.2) is 0 Å². The third kappa shape index (κ3) is 4.58. The van der Waals surface area contributed by atoms with Crippen molar-refractivity contribution in [3.8, 4) is 11.8 Å². The third-order valence-electron chi connectivity index (χ3n) is 2.19. The number of rotatable bonds is 4. The summed E-state index contributed by atoms with van der Waals surface area (Å²) in [5.41, 5.74) is 1.46. The predicted molar refractivity (Wildman–Crippen MR) is 58.4 cm³/mol. The van der Waals surface area contributed by atoms with E-state index in [0.717, 1.165) is 19.3 Å². The van der Waals surface area contributed by atoms with Crippen molar-refractivity contribution in [2.45, 2.75) is 45.4 Å². The van der Waals surface area contributed by atoms with E-state index < -0.39 is 0 Å². The van der Waals surface area contributed by atoms with Crippen LogP contribution in [0.1, 0.15) is 45.4 Å². The summed E-state index contributed by atoms with van der Waals surface area (Å²) < 4.78 is 0. The highest BCUT2D eigenvalue weighted by Gasteiger charge is 1.94. The number of unbranched alkanes of at least 4 members (excludes halogenated alkanes) is 3. The Morgan fingerprint density at radius 3 is 2.92 bits per heavy atom. The summed E-state index contributed by atoms with van der Waals surface area (Å²) in [6, 6.07) is 0. The SMILES string of the molecule is CCCCCC#CCC1=CC=CC1. The van der Waals surface area contributed by atoms with Crippen LogP contribution in [0, 0.1) is 11.8 Å². The molecule has 1 aliphatic rings. The third-order valence-corrected chi connectivity index (χ3v) is 2.19. The van der Waals surface area contributed by atoms with E-state index in [1.807, 2.05) is 0 Å². The second-order valence-corrected chi connectivity index (χ2v) is 3.44. The fourth-order valence-corrected chi connectivity index (χ4v) is 1.35. The minimum Gasteiger partial charge on any atom is -0.103 e. The van der Waals surface area contributed by atoms with Crippen molar-refractivity contribution in [3.05, 3.63) is 23.8 Å². The molecule has 0 unspecified atom stereocenters. The van der Waals surface area contributed by atoms with E-state index in [4.69, 9.17) is 0 Å². The minimum atomic E-state index is 0.971. The minimum absolute atomic E-state index is 0.971. The van der Waals surface area contributed by atoms with Crippen LogP contribution in [0.3, 0.4) is 0 Å². The van der Waals surface area contributed by atoms with Gasteiger partial charge in [0.25, 0.3) is 0 Å². The van der Waals surface area contributed by atoms with Crippen molar-refractivity contribution in [2.75, 3.05) is 0 Å². The second-order valence-electron chi connectivity index (χ2n) is 3.44. The van der Waals surface area contributed by atoms with E-state index in [1.165, 1.54) is 24.8 Å². The molecule has 1 rings (SSSR count). The Morgan fingerprint density at radius 1 is 1.31 bits per heavy atom. The Kier molecular flexibility index (Phi) is 5.10. The number of hydrogen-bond donors (Lipinski definition) is 0. The van der Waals surface area contributed by atoms with Crippen LogP contribution in [0.2, 0.25) is 0 Å². The molecule has 70 valence electrons. The zero-order chi connectivity index (χ0) is 9.36. The Morgan fingerprint density at radius 2 is 2.23 bits per heavy atom. The van der Waals surface area contributed by atoms with Crippen LogP contribution in [0.25, 0.3) is 0 Å². The van der Waals surface area contributed by atoms with Crippen LogP contribution in [0.4, 0.5) is 0 Å². The van der Waals surface area contributed by atoms with Gasteiger partial charge in [0.2, 0.25) is 0 Å². The maximum absolute atomic E-state index is 3.23. The maximum Gasteiger partial charge on any atom is 0.0305 e. The van der Waals surface area contributed by atoms with Crippen molar-refractivity contribution in [3.63, 3.8) is 0 Å². The lowest BCUT2D eigenvalue weighted by atomic mass is 10.1. The van der Waals surface area contributed by atoms with Crippen LogP contribution in [-0.4, -0.2) is 0 Å². The van der Waals surface area contributed by atoms with E-state index in [-0.39, 0.29) is 0 Å². The monoisotopic (exact) mass is 174 g/mol. The standard InChI is InChI=1S/C13H18/c1-2-3-4-5-6-7-10-13-11-8-9-12-13/h8-9,11H,2-5,10,12H2,1H3. The van der Waals surface area contributed by atoms with Gasteiger partial charge in [0, 0.05) is 12.8 Å². The molecule has 1 aliphatic carbocycles. The molecule has 0 bridgehead atoms. The lowest BCUT2D eigenvalue weighted by Gasteiger charge is -1.91. The molecule has 0 aromatic heterocycles. The maximum atomic E-state index is 3.23. The number of hydrogen-bond acceptors (Lipinski definition) is 0. The van der Waals surface area contributed by atoms with Crippen molar-refractivity contribution in [2.24, 2.45) is 0 Å². The first kappa shape index (κ1) is 10.1. The molecule has 0 fully saturated rings. The molecule has 0 saturated carbocycles. The van der Waals surface area contributed by atoms with Gasteiger partial charge in [-0.05, 0) is 12.8 Å². The molecule has 0 heterocycles. The average Bonchev–Trinajstić information content (AvgIpc) is 2.63. The summed E-state index contributed by atoms with van der Waals surface area (Å²) in [7, 11) is 0. The van der Waals surface area contributed by atoms with Gasteiger partial charge in [-0.15, -0.1) is 5.92 Å². The highest BCUT2D eigenvalue weighted by molar-refractivity contribution is 5.26. The molecule has 0 atom stereocenters. The topological polar surface area (TPSA) is 0 Å². The van der Waals surface area contributed by atoms with Gasteiger partial charge in [-0.3, -0.25) is 0 Å². The van der Waals surface area contributed by atoms with Crippen LogP contribution >= 0.6 is 0 Å². The molecule has 0 N–H and O–H groups in total. The van der Waals surface area contributed by atoms with Gasteiger partial charge in [-0.1, -0.05) is 49.5 Å². The van der Waals surface area contributed by atoms with E-state index in [2.05, 4.69) is 37.0 Å². The van der Waals surface area contributed by atoms with Crippen LogP contribution in [0.5, 0.6) is 0 Å². The van der Waals surface area contributed by atoms with E-state index >= 15 is 0 Å². The molecule has 0 spiro atoms. The lowest BCUT2D eigenvalue weighted by Crippen LogP contribution is -1.75. The van der Waals surface area contributed by atoms with Crippen molar-refractivity contribution in [1.29, 1.82) is 0 Å². The molecule has 0 aromatic rings. The van der Waals surface area contributed by atoms with Crippen LogP contribution in [-0.2, 0) is 0 Å². The Hall–Kier alpha value is -0.960. The molecule has 0 radical (unpaired) electrons. The van der Waals surface area contributed by atoms with Crippen molar-refractivity contribution in [1.82, 2.24) is 0 Å². The first-order valence-electron chi connectivity index (χ1n) is 5.23. The van der Waals surface area contributed by atoms with E-state index in [9.17, 15) is 0 Å². The van der Waals surface area contributed by atoms with Crippen LogP contribution < -0.4 is 0 Å². The summed E-state index contributed by atoms with van der Waals surface area (Å²) in [5, 5.41) is 0. The summed E-state index contributed by atoms with van der Waals surface area (Å²) >= 11 is 0. The molecule has 0 saturated heterocycles.